The van der Waals surface area contributed by atoms with E-state index in [9.17, 15) is 4.79 Å². The minimum Gasteiger partial charge on any atom is -0.466 e. The first-order valence-corrected chi connectivity index (χ1v) is 6.49. The van der Waals surface area contributed by atoms with Crippen LogP contribution in [0.5, 0.6) is 0 Å². The molecule has 1 aliphatic rings. The van der Waals surface area contributed by atoms with Gasteiger partial charge >= 0.3 is 5.97 Å². The molecule has 0 saturated heterocycles. The van der Waals surface area contributed by atoms with E-state index in [-0.39, 0.29) is 11.9 Å². The van der Waals surface area contributed by atoms with Crippen molar-refractivity contribution in [3.63, 3.8) is 0 Å². The second-order valence-corrected chi connectivity index (χ2v) is 4.62. The molecule has 4 N–H and O–H groups in total. The minimum absolute atomic E-state index is 0.0326. The van der Waals surface area contributed by atoms with E-state index in [1.54, 1.807) is 6.07 Å². The number of ether oxygens (including phenoxy) is 1. The molecular weight excluding hydrogens is 242 g/mol. The van der Waals surface area contributed by atoms with Gasteiger partial charge in [-0.2, -0.15) is 0 Å². The number of carbonyl (C=O) groups is 1. The van der Waals surface area contributed by atoms with Gasteiger partial charge in [-0.05, 0) is 43.9 Å². The van der Waals surface area contributed by atoms with Crippen LogP contribution in [-0.4, -0.2) is 17.6 Å². The van der Waals surface area contributed by atoms with Crippen molar-refractivity contribution in [3.8, 4) is 0 Å². The number of anilines is 2. The summed E-state index contributed by atoms with van der Waals surface area (Å²) in [7, 11) is 0. The zero-order chi connectivity index (χ0) is 13.8. The third-order valence-electron chi connectivity index (χ3n) is 3.32. The quantitative estimate of drug-likeness (QED) is 0.812. The lowest BCUT2D eigenvalue weighted by atomic mass is 9.88. The summed E-state index contributed by atoms with van der Waals surface area (Å²) in [6.07, 6.45) is 4.33. The van der Waals surface area contributed by atoms with Gasteiger partial charge in [0.15, 0.2) is 0 Å². The molecule has 0 aromatic carbocycles. The number of rotatable bonds is 3. The maximum absolute atomic E-state index is 11.6. The molecule has 1 aliphatic carbocycles. The lowest BCUT2D eigenvalue weighted by Gasteiger charge is -2.20. The predicted octanol–water partition coefficient (Wildman–Crippen LogP) is 1.99. The number of hydrogen-bond donors (Lipinski definition) is 2. The maximum atomic E-state index is 11.6. The van der Waals surface area contributed by atoms with Crippen LogP contribution in [0, 0.1) is 5.92 Å². The Morgan fingerprint density at radius 1 is 1.47 bits per heavy atom. The van der Waals surface area contributed by atoms with E-state index in [2.05, 4.69) is 4.98 Å². The van der Waals surface area contributed by atoms with E-state index < -0.39 is 0 Å². The Morgan fingerprint density at radius 2 is 2.26 bits per heavy atom. The molecule has 1 unspecified atom stereocenters. The summed E-state index contributed by atoms with van der Waals surface area (Å²) in [5.41, 5.74) is 13.8. The van der Waals surface area contributed by atoms with E-state index in [4.69, 9.17) is 16.2 Å². The lowest BCUT2D eigenvalue weighted by Crippen LogP contribution is -2.19. The van der Waals surface area contributed by atoms with Crippen LogP contribution in [0.25, 0.3) is 5.57 Å². The predicted molar refractivity (Wildman–Crippen MR) is 75.0 cm³/mol. The maximum Gasteiger partial charge on any atom is 0.309 e. The molecule has 0 aliphatic heterocycles. The van der Waals surface area contributed by atoms with Gasteiger partial charge in [0.1, 0.15) is 5.82 Å². The molecule has 0 spiro atoms. The molecule has 5 heteroatoms. The largest absolute Gasteiger partial charge is 0.466 e. The van der Waals surface area contributed by atoms with E-state index in [1.165, 1.54) is 0 Å². The van der Waals surface area contributed by atoms with Crippen molar-refractivity contribution in [1.82, 2.24) is 4.98 Å². The van der Waals surface area contributed by atoms with Crippen molar-refractivity contribution in [2.75, 3.05) is 18.1 Å². The summed E-state index contributed by atoms with van der Waals surface area (Å²) < 4.78 is 5.04. The van der Waals surface area contributed by atoms with Gasteiger partial charge in [0.2, 0.25) is 0 Å². The number of esters is 1. The highest BCUT2D eigenvalue weighted by Crippen LogP contribution is 2.31. The average molecular weight is 261 g/mol. The number of hydrogen-bond acceptors (Lipinski definition) is 5. The molecule has 19 heavy (non-hydrogen) atoms. The minimum atomic E-state index is -0.109. The summed E-state index contributed by atoms with van der Waals surface area (Å²) in [5, 5.41) is 0. The molecule has 102 valence electrons. The second-order valence-electron chi connectivity index (χ2n) is 4.62. The Bertz CT molecular complexity index is 511. The summed E-state index contributed by atoms with van der Waals surface area (Å²) >= 11 is 0. The molecule has 0 radical (unpaired) electrons. The summed E-state index contributed by atoms with van der Waals surface area (Å²) in [4.78, 5) is 15.9. The first-order chi connectivity index (χ1) is 9.11. The highest BCUT2D eigenvalue weighted by molar-refractivity contribution is 5.75. The Labute approximate surface area is 112 Å². The SMILES string of the molecule is CCOC(=O)C1CC=C(c2ccc(N)c(N)n2)CC1. The fourth-order valence-electron chi connectivity index (χ4n) is 2.21. The molecule has 1 heterocycles. The van der Waals surface area contributed by atoms with Crippen LogP contribution in [0.15, 0.2) is 18.2 Å². The molecular formula is C14H19N3O2. The highest BCUT2D eigenvalue weighted by Gasteiger charge is 2.23. The summed E-state index contributed by atoms with van der Waals surface area (Å²) in [6, 6.07) is 3.62. The van der Waals surface area contributed by atoms with Gasteiger partial charge in [-0.1, -0.05) is 6.08 Å². The van der Waals surface area contributed by atoms with Crippen molar-refractivity contribution in [2.24, 2.45) is 5.92 Å². The van der Waals surface area contributed by atoms with Crippen LogP contribution in [0.2, 0.25) is 0 Å². The third kappa shape index (κ3) is 3.05. The molecule has 1 atom stereocenters. The molecule has 0 fully saturated rings. The van der Waals surface area contributed by atoms with E-state index in [1.807, 2.05) is 19.1 Å². The molecule has 2 rings (SSSR count). The van der Waals surface area contributed by atoms with Gasteiger partial charge in [0, 0.05) is 0 Å². The lowest BCUT2D eigenvalue weighted by molar-refractivity contribution is -0.148. The Morgan fingerprint density at radius 3 is 2.84 bits per heavy atom. The normalized spacial score (nSPS) is 18.8. The Kier molecular flexibility index (Phi) is 4.04. The molecule has 1 aromatic rings. The number of carbonyl (C=O) groups excluding carboxylic acids is 1. The first kappa shape index (κ1) is 13.4. The monoisotopic (exact) mass is 261 g/mol. The van der Waals surface area contributed by atoms with Crippen molar-refractivity contribution in [3.05, 3.63) is 23.9 Å². The topological polar surface area (TPSA) is 91.2 Å². The van der Waals surface area contributed by atoms with Crippen molar-refractivity contribution >= 4 is 23.0 Å². The number of allylic oxidation sites excluding steroid dienone is 2. The van der Waals surface area contributed by atoms with Crippen LogP contribution in [0.1, 0.15) is 31.9 Å². The van der Waals surface area contributed by atoms with E-state index >= 15 is 0 Å². The van der Waals surface area contributed by atoms with Crippen LogP contribution in [-0.2, 0) is 9.53 Å². The van der Waals surface area contributed by atoms with Gasteiger partial charge in [-0.3, -0.25) is 4.79 Å². The van der Waals surface area contributed by atoms with Crippen molar-refractivity contribution in [2.45, 2.75) is 26.2 Å². The smallest absolute Gasteiger partial charge is 0.309 e. The van der Waals surface area contributed by atoms with Crippen molar-refractivity contribution < 1.29 is 9.53 Å². The molecule has 5 nitrogen and oxygen atoms in total. The molecule has 0 bridgehead atoms. The van der Waals surface area contributed by atoms with Crippen LogP contribution >= 0.6 is 0 Å². The van der Waals surface area contributed by atoms with Crippen molar-refractivity contribution in [1.29, 1.82) is 0 Å². The fraction of sp³-hybridized carbons (Fsp3) is 0.429. The third-order valence-corrected chi connectivity index (χ3v) is 3.32. The number of nitrogens with zero attached hydrogens (tertiary/aromatic N) is 1. The number of aromatic nitrogens is 1. The Hall–Kier alpha value is -2.04. The van der Waals surface area contributed by atoms with Crippen LogP contribution < -0.4 is 11.5 Å². The van der Waals surface area contributed by atoms with Gasteiger partial charge in [0.25, 0.3) is 0 Å². The number of nitrogen functional groups attached to an aromatic ring is 2. The summed E-state index contributed by atoms with van der Waals surface area (Å²) in [6.45, 7) is 2.25. The zero-order valence-corrected chi connectivity index (χ0v) is 11.1. The van der Waals surface area contributed by atoms with Crippen LogP contribution in [0.3, 0.4) is 0 Å². The number of pyridine rings is 1. The average Bonchev–Trinajstić information content (AvgIpc) is 2.42. The van der Waals surface area contributed by atoms with E-state index in [0.29, 0.717) is 24.5 Å². The fourth-order valence-corrected chi connectivity index (χ4v) is 2.21. The second kappa shape index (κ2) is 5.73. The number of nitrogens with two attached hydrogens (primary N) is 2. The van der Waals surface area contributed by atoms with Gasteiger partial charge in [-0.15, -0.1) is 0 Å². The van der Waals surface area contributed by atoms with Gasteiger partial charge in [0.05, 0.1) is 23.9 Å². The Balaban J connectivity index is 2.08. The van der Waals surface area contributed by atoms with E-state index in [0.717, 1.165) is 24.1 Å². The standard InChI is InChI=1S/C14H19N3O2/c1-2-19-14(18)10-5-3-9(4-6-10)12-8-7-11(15)13(16)17-12/h3,7-8,10H,2,4-6,15H2,1H3,(H2,16,17). The zero-order valence-electron chi connectivity index (χ0n) is 11.1. The molecule has 0 saturated carbocycles. The molecule has 0 amide bonds. The highest BCUT2D eigenvalue weighted by atomic mass is 16.5. The first-order valence-electron chi connectivity index (χ1n) is 6.49. The molecule has 1 aromatic heterocycles. The summed E-state index contributed by atoms with van der Waals surface area (Å²) in [5.74, 6) is 0.211. The van der Waals surface area contributed by atoms with Gasteiger partial charge < -0.3 is 16.2 Å². The van der Waals surface area contributed by atoms with Gasteiger partial charge in [-0.25, -0.2) is 4.98 Å². The van der Waals surface area contributed by atoms with Crippen LogP contribution in [0.4, 0.5) is 11.5 Å².